The number of aliphatic hydroxyl groups excluding tert-OH is 1. The van der Waals surface area contributed by atoms with Crippen molar-refractivity contribution in [2.45, 2.75) is 70.4 Å². The number of benzene rings is 1. The molecule has 1 aliphatic carbocycles. The van der Waals surface area contributed by atoms with E-state index in [0.29, 0.717) is 35.8 Å². The SMILES string of the molecule is Cn1c(NC2CCC(O)C2)nc2c1c(=O)n(Cc1cc(-c3ccccc3)nn1COCC[Si](C)(C)C)c(=O)n2C. The quantitative estimate of drug-likeness (QED) is 0.224. The molecule has 0 spiro atoms. The molecule has 4 aromatic rings. The summed E-state index contributed by atoms with van der Waals surface area (Å²) in [4.78, 5) is 31.8. The maximum Gasteiger partial charge on any atom is 0.332 e. The Morgan fingerprint density at radius 3 is 2.52 bits per heavy atom. The number of aromatic nitrogens is 6. The molecule has 214 valence electrons. The average molecular weight is 566 g/mol. The molecule has 40 heavy (non-hydrogen) atoms. The maximum atomic E-state index is 13.8. The summed E-state index contributed by atoms with van der Waals surface area (Å²) in [6, 6.07) is 12.8. The van der Waals surface area contributed by atoms with Gasteiger partial charge in [-0.05, 0) is 31.4 Å². The number of hydrogen-bond donors (Lipinski definition) is 2. The Balaban J connectivity index is 1.50. The van der Waals surface area contributed by atoms with Gasteiger partial charge in [-0.2, -0.15) is 10.1 Å². The minimum atomic E-state index is -1.25. The van der Waals surface area contributed by atoms with Crippen LogP contribution in [0.15, 0.2) is 46.0 Å². The van der Waals surface area contributed by atoms with Crippen molar-refractivity contribution in [1.29, 1.82) is 0 Å². The molecule has 1 aliphatic rings. The third-order valence-electron chi connectivity index (χ3n) is 7.56. The Morgan fingerprint density at radius 2 is 1.85 bits per heavy atom. The van der Waals surface area contributed by atoms with Gasteiger partial charge in [-0.1, -0.05) is 50.0 Å². The van der Waals surface area contributed by atoms with Crippen LogP contribution in [-0.4, -0.2) is 60.4 Å². The summed E-state index contributed by atoms with van der Waals surface area (Å²) in [7, 11) is 2.14. The predicted molar refractivity (Wildman–Crippen MR) is 158 cm³/mol. The fourth-order valence-electron chi connectivity index (χ4n) is 5.12. The van der Waals surface area contributed by atoms with Gasteiger partial charge >= 0.3 is 5.69 Å². The molecule has 3 aromatic heterocycles. The topological polar surface area (TPSA) is 121 Å². The molecule has 3 heterocycles. The van der Waals surface area contributed by atoms with Gasteiger partial charge in [0.1, 0.15) is 6.73 Å². The molecule has 0 aliphatic heterocycles. The third-order valence-corrected chi connectivity index (χ3v) is 9.27. The van der Waals surface area contributed by atoms with Crippen molar-refractivity contribution in [3.63, 3.8) is 0 Å². The summed E-state index contributed by atoms with van der Waals surface area (Å²) >= 11 is 0. The molecule has 11 nitrogen and oxygen atoms in total. The zero-order chi connectivity index (χ0) is 28.6. The number of anilines is 1. The second kappa shape index (κ2) is 11.2. The minimum absolute atomic E-state index is 0.0431. The normalized spacial score (nSPS) is 17.6. The summed E-state index contributed by atoms with van der Waals surface area (Å²) in [6.07, 6.45) is 1.84. The van der Waals surface area contributed by atoms with Crippen LogP contribution in [0.2, 0.25) is 25.7 Å². The molecule has 0 amide bonds. The molecule has 2 N–H and O–H groups in total. The highest BCUT2D eigenvalue weighted by Crippen LogP contribution is 2.24. The lowest BCUT2D eigenvalue weighted by atomic mass is 10.1. The first-order valence-corrected chi connectivity index (χ1v) is 17.5. The van der Waals surface area contributed by atoms with E-state index in [0.717, 1.165) is 30.1 Å². The predicted octanol–water partition coefficient (Wildman–Crippen LogP) is 2.98. The maximum absolute atomic E-state index is 13.8. The van der Waals surface area contributed by atoms with Crippen LogP contribution in [0.25, 0.3) is 22.4 Å². The van der Waals surface area contributed by atoms with Crippen LogP contribution in [0.3, 0.4) is 0 Å². The Kier molecular flexibility index (Phi) is 7.84. The van der Waals surface area contributed by atoms with Gasteiger partial charge in [0.2, 0.25) is 5.95 Å². The van der Waals surface area contributed by atoms with Crippen LogP contribution in [0.4, 0.5) is 5.95 Å². The monoisotopic (exact) mass is 565 g/mol. The number of nitrogens with zero attached hydrogens (tertiary/aromatic N) is 6. The number of hydrogen-bond acceptors (Lipinski definition) is 7. The van der Waals surface area contributed by atoms with Crippen molar-refractivity contribution in [3.8, 4) is 11.3 Å². The average Bonchev–Trinajstić information content (AvgIpc) is 3.61. The Bertz CT molecular complexity index is 1610. The molecule has 2 unspecified atom stereocenters. The summed E-state index contributed by atoms with van der Waals surface area (Å²) in [5, 5.41) is 18.0. The second-order valence-electron chi connectivity index (χ2n) is 11.9. The van der Waals surface area contributed by atoms with E-state index in [1.54, 1.807) is 23.3 Å². The van der Waals surface area contributed by atoms with E-state index in [2.05, 4.69) is 29.9 Å². The van der Waals surface area contributed by atoms with E-state index in [4.69, 9.17) is 9.84 Å². The third kappa shape index (κ3) is 5.84. The van der Waals surface area contributed by atoms with E-state index in [1.807, 2.05) is 36.4 Å². The number of ether oxygens (including phenoxy) is 1. The van der Waals surface area contributed by atoms with Crippen LogP contribution in [0, 0.1) is 0 Å². The van der Waals surface area contributed by atoms with Crippen LogP contribution in [-0.2, 0) is 32.1 Å². The molecule has 0 bridgehead atoms. The van der Waals surface area contributed by atoms with Gasteiger partial charge in [-0.15, -0.1) is 0 Å². The van der Waals surface area contributed by atoms with Crippen LogP contribution in [0.1, 0.15) is 25.0 Å². The van der Waals surface area contributed by atoms with E-state index in [-0.39, 0.29) is 25.4 Å². The number of nitrogens with one attached hydrogen (secondary N) is 1. The Morgan fingerprint density at radius 1 is 1.10 bits per heavy atom. The second-order valence-corrected chi connectivity index (χ2v) is 17.6. The molecule has 12 heteroatoms. The zero-order valence-electron chi connectivity index (χ0n) is 23.9. The number of aliphatic hydroxyl groups is 1. The smallest absolute Gasteiger partial charge is 0.332 e. The van der Waals surface area contributed by atoms with Crippen molar-refractivity contribution in [3.05, 3.63) is 62.9 Å². The van der Waals surface area contributed by atoms with Gasteiger partial charge in [-0.3, -0.25) is 13.9 Å². The molecular formula is C28H39N7O4Si. The van der Waals surface area contributed by atoms with Crippen molar-refractivity contribution in [1.82, 2.24) is 28.5 Å². The van der Waals surface area contributed by atoms with Crippen molar-refractivity contribution in [2.75, 3.05) is 11.9 Å². The molecule has 0 radical (unpaired) electrons. The van der Waals surface area contributed by atoms with Gasteiger partial charge < -0.3 is 19.7 Å². The first kappa shape index (κ1) is 28.1. The summed E-state index contributed by atoms with van der Waals surface area (Å²) in [5.41, 5.74) is 2.19. The van der Waals surface area contributed by atoms with Gasteiger partial charge in [0.25, 0.3) is 5.56 Å². The number of aryl methyl sites for hydroxylation is 2. The largest absolute Gasteiger partial charge is 0.393 e. The minimum Gasteiger partial charge on any atom is -0.393 e. The first-order chi connectivity index (χ1) is 19.0. The van der Waals surface area contributed by atoms with Gasteiger partial charge in [0.05, 0.1) is 24.0 Å². The molecule has 1 aromatic carbocycles. The zero-order valence-corrected chi connectivity index (χ0v) is 24.9. The molecule has 0 saturated heterocycles. The highest BCUT2D eigenvalue weighted by Gasteiger charge is 2.26. The molecule has 1 fully saturated rings. The molecular weight excluding hydrogens is 526 g/mol. The molecule has 5 rings (SSSR count). The molecule has 2 atom stereocenters. The highest BCUT2D eigenvalue weighted by molar-refractivity contribution is 6.76. The van der Waals surface area contributed by atoms with Crippen LogP contribution < -0.4 is 16.6 Å². The highest BCUT2D eigenvalue weighted by atomic mass is 28.3. The van der Waals surface area contributed by atoms with E-state index < -0.39 is 19.3 Å². The lowest BCUT2D eigenvalue weighted by molar-refractivity contribution is 0.0764. The fourth-order valence-corrected chi connectivity index (χ4v) is 5.88. The fraction of sp³-hybridized carbons (Fsp3) is 0.500. The number of imidazole rings is 1. The van der Waals surface area contributed by atoms with Crippen molar-refractivity contribution in [2.24, 2.45) is 14.1 Å². The Hall–Kier alpha value is -3.48. The van der Waals surface area contributed by atoms with Gasteiger partial charge in [-0.25, -0.2) is 9.48 Å². The first-order valence-electron chi connectivity index (χ1n) is 13.8. The van der Waals surface area contributed by atoms with E-state index in [1.165, 1.54) is 9.13 Å². The summed E-state index contributed by atoms with van der Waals surface area (Å²) in [6.45, 7) is 7.82. The van der Waals surface area contributed by atoms with Crippen LogP contribution in [0.5, 0.6) is 0 Å². The van der Waals surface area contributed by atoms with Gasteiger partial charge in [0, 0.05) is 40.4 Å². The standard InChI is InChI=1S/C28H39N7O4Si/c1-32-24-25(30-27(32)29-20-11-12-22(36)15-20)33(2)28(38)34(26(24)37)17-21-16-23(19-9-7-6-8-10-19)31-35(21)18-39-13-14-40(3,4)5/h6-10,16,20,22,36H,11-15,17-18H2,1-5H3,(H,29,30). The summed E-state index contributed by atoms with van der Waals surface area (Å²) in [5.74, 6) is 0.506. The lowest BCUT2D eigenvalue weighted by Crippen LogP contribution is -2.40. The van der Waals surface area contributed by atoms with Crippen LogP contribution >= 0.6 is 0 Å². The lowest BCUT2D eigenvalue weighted by Gasteiger charge is -2.16. The van der Waals surface area contributed by atoms with Crippen molar-refractivity contribution < 1.29 is 9.84 Å². The van der Waals surface area contributed by atoms with Crippen molar-refractivity contribution >= 4 is 25.2 Å². The number of fused-ring (bicyclic) bond motifs is 1. The molecule has 1 saturated carbocycles. The van der Waals surface area contributed by atoms with E-state index in [9.17, 15) is 14.7 Å². The number of rotatable bonds is 10. The van der Waals surface area contributed by atoms with Gasteiger partial charge in [0.15, 0.2) is 11.2 Å². The summed E-state index contributed by atoms with van der Waals surface area (Å²) < 4.78 is 12.1. The van der Waals surface area contributed by atoms with E-state index >= 15 is 0 Å². The Labute approximate surface area is 234 Å².